The molecule has 1 aliphatic rings. The first kappa shape index (κ1) is 28.9. The van der Waals surface area contributed by atoms with Gasteiger partial charge in [-0.05, 0) is 85.4 Å². The average molecular weight is 549 g/mol. The fourth-order valence-electron chi connectivity index (χ4n) is 5.03. The lowest BCUT2D eigenvalue weighted by Crippen LogP contribution is -2.25. The Morgan fingerprint density at radius 1 is 1.15 bits per heavy atom. The Kier molecular flexibility index (Phi) is 9.98. The molecular weight excluding hydrogens is 512 g/mol. The molecule has 1 aliphatic carbocycles. The van der Waals surface area contributed by atoms with Crippen molar-refractivity contribution in [1.82, 2.24) is 9.97 Å². The zero-order valence-electron chi connectivity index (χ0n) is 22.6. The van der Waals surface area contributed by atoms with Gasteiger partial charge >= 0.3 is 11.7 Å². The monoisotopic (exact) mass is 548 g/mol. The summed E-state index contributed by atoms with van der Waals surface area (Å²) in [6, 6.07) is 13.0. The van der Waals surface area contributed by atoms with Gasteiger partial charge in [-0.3, -0.25) is 10.1 Å². The first-order valence-electron chi connectivity index (χ1n) is 13.6. The van der Waals surface area contributed by atoms with Crippen molar-refractivity contribution in [3.63, 3.8) is 0 Å². The van der Waals surface area contributed by atoms with Crippen molar-refractivity contribution in [1.29, 1.82) is 0 Å². The number of rotatable bonds is 12. The van der Waals surface area contributed by atoms with Crippen LogP contribution in [0.5, 0.6) is 0 Å². The maximum absolute atomic E-state index is 12.2. The van der Waals surface area contributed by atoms with Crippen molar-refractivity contribution in [2.45, 2.75) is 39.2 Å². The van der Waals surface area contributed by atoms with Crippen LogP contribution in [0.2, 0.25) is 0 Å². The number of carbonyl (C=O) groups is 1. The van der Waals surface area contributed by atoms with Crippen LogP contribution in [0.3, 0.4) is 0 Å². The number of nitrogens with zero attached hydrogens (tertiary/aromatic N) is 3. The molecule has 2 aromatic carbocycles. The lowest BCUT2D eigenvalue weighted by atomic mass is 9.82. The molecule has 1 fully saturated rings. The second-order valence-electron chi connectivity index (χ2n) is 10.1. The summed E-state index contributed by atoms with van der Waals surface area (Å²) < 4.78 is 5.04. The van der Waals surface area contributed by atoms with Crippen molar-refractivity contribution in [2.75, 3.05) is 36.9 Å². The van der Waals surface area contributed by atoms with Gasteiger partial charge in [-0.1, -0.05) is 30.3 Å². The first-order valence-corrected chi connectivity index (χ1v) is 13.6. The van der Waals surface area contributed by atoms with Crippen molar-refractivity contribution >= 4 is 23.4 Å². The van der Waals surface area contributed by atoms with Gasteiger partial charge in [0, 0.05) is 13.1 Å². The molecule has 0 spiro atoms. The number of aliphatic hydroxyl groups excluding tert-OH is 1. The van der Waals surface area contributed by atoms with E-state index in [0.29, 0.717) is 43.0 Å². The zero-order chi connectivity index (χ0) is 28.5. The average Bonchev–Trinajstić information content (AvgIpc) is 2.98. The lowest BCUT2D eigenvalue weighted by molar-refractivity contribution is -0.384. The molecule has 4 rings (SSSR count). The predicted octanol–water partition coefficient (Wildman–Crippen LogP) is 4.30. The number of hydrogen-bond acceptors (Lipinski definition) is 10. The summed E-state index contributed by atoms with van der Waals surface area (Å²) in [5.74, 6) is 1.00. The molecule has 1 aromatic heterocycles. The van der Waals surface area contributed by atoms with E-state index < -0.39 is 10.9 Å². The van der Waals surface area contributed by atoms with Gasteiger partial charge in [0.15, 0.2) is 0 Å². The maximum Gasteiger partial charge on any atom is 0.338 e. The molecule has 40 heavy (non-hydrogen) atoms. The summed E-state index contributed by atoms with van der Waals surface area (Å²) in [6.45, 7) is 3.43. The Morgan fingerprint density at radius 2 is 1.90 bits per heavy atom. The molecule has 1 saturated carbocycles. The summed E-state index contributed by atoms with van der Waals surface area (Å²) in [6.07, 6.45) is 5.48. The third-order valence-corrected chi connectivity index (χ3v) is 7.44. The fourth-order valence-corrected chi connectivity index (χ4v) is 5.03. The van der Waals surface area contributed by atoms with Crippen LogP contribution in [0, 0.1) is 28.9 Å². The van der Waals surface area contributed by atoms with E-state index in [1.807, 2.05) is 31.2 Å². The highest BCUT2D eigenvalue weighted by molar-refractivity contribution is 5.91. The second-order valence-corrected chi connectivity index (χ2v) is 10.1. The molecular formula is C29H36N6O5. The minimum Gasteiger partial charge on any atom is -0.460 e. The SMILES string of the molecule is Cc1c(CNc2ncc([N+](=O)[O-])c(NCC3CCC(CN)CC3)n2)cccc1-c1cccc(C(=O)OCCO)c1. The molecule has 0 atom stereocenters. The number of nitrogens with two attached hydrogens (primary N) is 1. The van der Waals surface area contributed by atoms with Crippen molar-refractivity contribution in [2.24, 2.45) is 17.6 Å². The minimum atomic E-state index is -0.491. The topological polar surface area (TPSA) is 166 Å². The van der Waals surface area contributed by atoms with E-state index >= 15 is 0 Å². The third-order valence-electron chi connectivity index (χ3n) is 7.44. The smallest absolute Gasteiger partial charge is 0.338 e. The van der Waals surface area contributed by atoms with Gasteiger partial charge in [0.1, 0.15) is 12.8 Å². The van der Waals surface area contributed by atoms with Crippen molar-refractivity contribution in [3.8, 4) is 11.1 Å². The highest BCUT2D eigenvalue weighted by atomic mass is 16.6. The highest BCUT2D eigenvalue weighted by Crippen LogP contribution is 2.30. The predicted molar refractivity (Wildman–Crippen MR) is 153 cm³/mol. The van der Waals surface area contributed by atoms with Crippen LogP contribution >= 0.6 is 0 Å². The molecule has 0 amide bonds. The van der Waals surface area contributed by atoms with Gasteiger partial charge < -0.3 is 26.2 Å². The normalized spacial score (nSPS) is 16.8. The molecule has 5 N–H and O–H groups in total. The molecule has 0 radical (unpaired) electrons. The molecule has 3 aromatic rings. The van der Waals surface area contributed by atoms with Crippen LogP contribution in [-0.4, -0.2) is 52.3 Å². The van der Waals surface area contributed by atoms with Gasteiger partial charge in [-0.15, -0.1) is 0 Å². The van der Waals surface area contributed by atoms with Crippen LogP contribution in [0.1, 0.15) is 47.2 Å². The van der Waals surface area contributed by atoms with Gasteiger partial charge in [0.05, 0.1) is 17.1 Å². The van der Waals surface area contributed by atoms with Crippen LogP contribution < -0.4 is 16.4 Å². The van der Waals surface area contributed by atoms with Gasteiger partial charge in [0.2, 0.25) is 11.8 Å². The van der Waals surface area contributed by atoms with Crippen LogP contribution in [0.25, 0.3) is 11.1 Å². The number of anilines is 2. The number of nitro groups is 1. The number of ether oxygens (including phenoxy) is 1. The highest BCUT2D eigenvalue weighted by Gasteiger charge is 2.23. The second kappa shape index (κ2) is 13.8. The quantitative estimate of drug-likeness (QED) is 0.146. The Labute approximate surface area is 233 Å². The molecule has 0 bridgehead atoms. The van der Waals surface area contributed by atoms with E-state index in [0.717, 1.165) is 47.9 Å². The van der Waals surface area contributed by atoms with Gasteiger partial charge in [-0.25, -0.2) is 9.78 Å². The fraction of sp³-hybridized carbons (Fsp3) is 0.414. The summed E-state index contributed by atoms with van der Waals surface area (Å²) in [4.78, 5) is 32.0. The summed E-state index contributed by atoms with van der Waals surface area (Å²) in [7, 11) is 0. The van der Waals surface area contributed by atoms with Crippen molar-refractivity contribution < 1.29 is 19.6 Å². The number of aliphatic hydroxyl groups is 1. The zero-order valence-corrected chi connectivity index (χ0v) is 22.6. The van der Waals surface area contributed by atoms with E-state index in [1.54, 1.807) is 18.2 Å². The van der Waals surface area contributed by atoms with Gasteiger partial charge in [-0.2, -0.15) is 4.98 Å². The number of aromatic nitrogens is 2. The first-order chi connectivity index (χ1) is 19.4. The minimum absolute atomic E-state index is 0.0546. The Balaban J connectivity index is 1.45. The molecule has 1 heterocycles. The molecule has 0 saturated heterocycles. The Bertz CT molecular complexity index is 1330. The number of hydrogen-bond donors (Lipinski definition) is 4. The lowest BCUT2D eigenvalue weighted by Gasteiger charge is -2.27. The molecule has 11 nitrogen and oxygen atoms in total. The van der Waals surface area contributed by atoms with Crippen molar-refractivity contribution in [3.05, 3.63) is 75.5 Å². The van der Waals surface area contributed by atoms with E-state index in [1.165, 1.54) is 6.20 Å². The van der Waals surface area contributed by atoms with Crippen LogP contribution in [0.4, 0.5) is 17.5 Å². The van der Waals surface area contributed by atoms with Gasteiger partial charge in [0.25, 0.3) is 0 Å². The molecule has 212 valence electrons. The van der Waals surface area contributed by atoms with Crippen LogP contribution in [-0.2, 0) is 11.3 Å². The summed E-state index contributed by atoms with van der Waals surface area (Å²) in [5.41, 5.74) is 9.84. The molecule has 0 unspecified atom stereocenters. The summed E-state index contributed by atoms with van der Waals surface area (Å²) in [5, 5.41) is 26.9. The van der Waals surface area contributed by atoms with E-state index in [-0.39, 0.29) is 24.7 Å². The number of benzene rings is 2. The van der Waals surface area contributed by atoms with Crippen LogP contribution in [0.15, 0.2) is 48.7 Å². The third kappa shape index (κ3) is 7.30. The summed E-state index contributed by atoms with van der Waals surface area (Å²) >= 11 is 0. The Hall–Kier alpha value is -4.09. The molecule has 11 heteroatoms. The van der Waals surface area contributed by atoms with E-state index in [2.05, 4.69) is 20.6 Å². The largest absolute Gasteiger partial charge is 0.460 e. The molecule has 0 aliphatic heterocycles. The number of carbonyl (C=O) groups excluding carboxylic acids is 1. The Morgan fingerprint density at radius 3 is 2.62 bits per heavy atom. The van der Waals surface area contributed by atoms with E-state index in [4.69, 9.17) is 15.6 Å². The standard InChI is InChI=1S/C29H36N6O5/c1-19-24(6-3-7-25(19)22-4-2-5-23(14-22)28(37)40-13-12-36)17-32-29-33-18-26(35(38)39)27(34-29)31-16-21-10-8-20(15-30)9-11-21/h2-7,14,18,20-21,36H,8-13,15-17,30H2,1H3,(H2,31,32,33,34). The number of nitrogens with one attached hydrogen (secondary N) is 2. The number of esters is 1. The van der Waals surface area contributed by atoms with E-state index in [9.17, 15) is 14.9 Å². The maximum atomic E-state index is 12.2.